The average molecular weight is 583 g/mol. The predicted molar refractivity (Wildman–Crippen MR) is 171 cm³/mol. The highest BCUT2D eigenvalue weighted by atomic mass is 16.5. The van der Waals surface area contributed by atoms with Crippen molar-refractivity contribution in [3.05, 3.63) is 95.7 Å². The smallest absolute Gasteiger partial charge is 0.251 e. The van der Waals surface area contributed by atoms with E-state index in [2.05, 4.69) is 22.1 Å². The van der Waals surface area contributed by atoms with E-state index in [4.69, 9.17) is 4.74 Å². The molecule has 3 N–H and O–H groups in total. The maximum Gasteiger partial charge on any atom is 0.251 e. The number of carbonyl (C=O) groups is 2. The molecule has 2 heterocycles. The molecule has 1 fully saturated rings. The second kappa shape index (κ2) is 14.4. The number of amides is 2. The summed E-state index contributed by atoms with van der Waals surface area (Å²) in [6.07, 6.45) is 5.08. The molecule has 1 aliphatic rings. The van der Waals surface area contributed by atoms with Crippen molar-refractivity contribution in [3.63, 3.8) is 0 Å². The van der Waals surface area contributed by atoms with Gasteiger partial charge in [-0.15, -0.1) is 0 Å². The number of unbranched alkanes of at least 4 members (excludes halogenated alkanes) is 1. The monoisotopic (exact) mass is 582 g/mol. The first-order valence-corrected chi connectivity index (χ1v) is 15.3. The van der Waals surface area contributed by atoms with Crippen molar-refractivity contribution in [1.82, 2.24) is 15.2 Å². The van der Waals surface area contributed by atoms with Crippen molar-refractivity contribution < 1.29 is 19.4 Å². The lowest BCUT2D eigenvalue weighted by Gasteiger charge is -2.25. The average Bonchev–Trinajstić information content (AvgIpc) is 3.65. The zero-order chi connectivity index (χ0) is 30.2. The lowest BCUT2D eigenvalue weighted by molar-refractivity contribution is -0.117. The van der Waals surface area contributed by atoms with Crippen LogP contribution in [0.5, 0.6) is 5.75 Å². The fourth-order valence-corrected chi connectivity index (χ4v) is 5.75. The molecule has 0 bridgehead atoms. The molecule has 5 rings (SSSR count). The van der Waals surface area contributed by atoms with Crippen LogP contribution in [0.3, 0.4) is 0 Å². The number of hydrogen-bond donors (Lipinski definition) is 3. The fourth-order valence-electron chi connectivity index (χ4n) is 5.75. The lowest BCUT2D eigenvalue weighted by atomic mass is 10.00. The Balaban J connectivity index is 1.38. The summed E-state index contributed by atoms with van der Waals surface area (Å²) >= 11 is 0. The molecule has 0 saturated carbocycles. The molecule has 0 unspecified atom stereocenters. The Morgan fingerprint density at radius 3 is 2.60 bits per heavy atom. The zero-order valence-electron chi connectivity index (χ0n) is 25.1. The van der Waals surface area contributed by atoms with Crippen LogP contribution in [-0.4, -0.2) is 53.8 Å². The van der Waals surface area contributed by atoms with Gasteiger partial charge in [-0.1, -0.05) is 55.8 Å². The Kier molecular flexibility index (Phi) is 10.1. The molecule has 8 heteroatoms. The van der Waals surface area contributed by atoms with Crippen molar-refractivity contribution in [1.29, 1.82) is 0 Å². The minimum Gasteiger partial charge on any atom is -0.497 e. The number of nitrogens with zero attached hydrogens (tertiary/aromatic N) is 2. The van der Waals surface area contributed by atoms with Crippen molar-refractivity contribution in [2.45, 2.75) is 64.3 Å². The van der Waals surface area contributed by atoms with Gasteiger partial charge >= 0.3 is 0 Å². The first kappa shape index (κ1) is 30.3. The van der Waals surface area contributed by atoms with Gasteiger partial charge in [0.05, 0.1) is 30.5 Å². The molecule has 0 spiro atoms. The summed E-state index contributed by atoms with van der Waals surface area (Å²) in [5.74, 6) is 0.590. The first-order valence-electron chi connectivity index (χ1n) is 15.3. The quantitative estimate of drug-likeness (QED) is 0.193. The summed E-state index contributed by atoms with van der Waals surface area (Å²) in [6, 6.07) is 22.9. The molecule has 226 valence electrons. The molecule has 1 aromatic heterocycles. The highest BCUT2D eigenvalue weighted by molar-refractivity contribution is 6.08. The number of carbonyl (C=O) groups excluding carboxylic acids is 2. The van der Waals surface area contributed by atoms with Crippen molar-refractivity contribution in [2.24, 2.45) is 0 Å². The van der Waals surface area contributed by atoms with Crippen LogP contribution >= 0.6 is 0 Å². The van der Waals surface area contributed by atoms with Crippen molar-refractivity contribution in [2.75, 3.05) is 25.1 Å². The standard InChI is InChI=1S/C35H42N4O4/c1-3-4-16-38-18-15-29-31(38)21-27(22-32(29)39-17-9-14-34(39)41)35(42)37-30(20-25-10-6-5-7-11-25)33(40)24-36-23-26-12-8-13-28(19-26)43-2/h5-8,10-13,15,18-19,21-22,30,33,36,40H,3-4,9,14,16-17,20,23-24H2,1-2H3,(H,37,42)/t30-,33+/m0/s1. The largest absolute Gasteiger partial charge is 0.497 e. The summed E-state index contributed by atoms with van der Waals surface area (Å²) in [6.45, 7) is 4.49. The van der Waals surface area contributed by atoms with Crippen LogP contribution in [0, 0.1) is 0 Å². The van der Waals surface area contributed by atoms with Crippen LogP contribution in [0.4, 0.5) is 5.69 Å². The molecule has 2 atom stereocenters. The van der Waals surface area contributed by atoms with Crippen LogP contribution in [0.2, 0.25) is 0 Å². The molecule has 3 aromatic carbocycles. The highest BCUT2D eigenvalue weighted by Gasteiger charge is 2.27. The van der Waals surface area contributed by atoms with E-state index in [0.29, 0.717) is 38.0 Å². The molecular weight excluding hydrogens is 540 g/mol. The number of hydrogen-bond acceptors (Lipinski definition) is 5. The van der Waals surface area contributed by atoms with Crippen molar-refractivity contribution in [3.8, 4) is 5.75 Å². The Morgan fingerprint density at radius 2 is 1.86 bits per heavy atom. The maximum atomic E-state index is 13.9. The molecule has 4 aromatic rings. The summed E-state index contributed by atoms with van der Waals surface area (Å²) in [5.41, 5.74) is 4.26. The van der Waals surface area contributed by atoms with Gasteiger partial charge in [0.1, 0.15) is 5.75 Å². The van der Waals surface area contributed by atoms with Gasteiger partial charge in [-0.25, -0.2) is 0 Å². The number of ether oxygens (including phenoxy) is 1. The summed E-state index contributed by atoms with van der Waals surface area (Å²) < 4.78 is 7.48. The zero-order valence-corrected chi connectivity index (χ0v) is 25.1. The van der Waals surface area contributed by atoms with Gasteiger partial charge in [-0.05, 0) is 60.7 Å². The minimum absolute atomic E-state index is 0.0830. The van der Waals surface area contributed by atoms with Gasteiger partial charge in [0.2, 0.25) is 5.91 Å². The summed E-state index contributed by atoms with van der Waals surface area (Å²) in [7, 11) is 1.64. The van der Waals surface area contributed by atoms with E-state index in [1.165, 1.54) is 0 Å². The van der Waals surface area contributed by atoms with Gasteiger partial charge < -0.3 is 29.9 Å². The maximum absolute atomic E-state index is 13.9. The van der Waals surface area contributed by atoms with Gasteiger partial charge in [-0.2, -0.15) is 0 Å². The molecule has 0 radical (unpaired) electrons. The third kappa shape index (κ3) is 7.45. The topological polar surface area (TPSA) is 95.8 Å². The molecule has 43 heavy (non-hydrogen) atoms. The Hall–Kier alpha value is -4.14. The molecular formula is C35H42N4O4. The van der Waals surface area contributed by atoms with Gasteiger partial charge in [0.15, 0.2) is 0 Å². The van der Waals surface area contributed by atoms with E-state index in [1.54, 1.807) is 7.11 Å². The van der Waals surface area contributed by atoms with E-state index >= 15 is 0 Å². The number of nitrogens with one attached hydrogen (secondary N) is 2. The molecule has 1 aliphatic heterocycles. The Morgan fingerprint density at radius 1 is 1.05 bits per heavy atom. The number of methoxy groups -OCH3 is 1. The number of aryl methyl sites for hydroxylation is 1. The molecule has 8 nitrogen and oxygen atoms in total. The van der Waals surface area contributed by atoms with Crippen LogP contribution in [0.1, 0.15) is 54.1 Å². The third-order valence-corrected chi connectivity index (χ3v) is 8.14. The summed E-state index contributed by atoms with van der Waals surface area (Å²) in [5, 5.41) is 18.8. The van der Waals surface area contributed by atoms with Gasteiger partial charge in [0, 0.05) is 49.7 Å². The SMILES string of the molecule is CCCCn1ccc2c(N3CCCC3=O)cc(C(=O)N[C@@H](Cc3ccccc3)[C@H](O)CNCc3cccc(OC)c3)cc21. The van der Waals surface area contributed by atoms with Crippen LogP contribution in [0.15, 0.2) is 79.0 Å². The van der Waals surface area contributed by atoms with Crippen LogP contribution < -0.4 is 20.3 Å². The van der Waals surface area contributed by atoms with Gasteiger partial charge in [-0.3, -0.25) is 9.59 Å². The number of aliphatic hydroxyl groups is 1. The molecule has 2 amide bonds. The first-order chi connectivity index (χ1) is 21.0. The number of aromatic nitrogens is 1. The van der Waals surface area contributed by atoms with Crippen LogP contribution in [0.25, 0.3) is 10.9 Å². The molecule has 1 saturated heterocycles. The minimum atomic E-state index is -0.841. The normalized spacial score (nSPS) is 14.7. The number of rotatable bonds is 14. The number of fused-ring (bicyclic) bond motifs is 1. The van der Waals surface area contributed by atoms with E-state index in [-0.39, 0.29) is 11.8 Å². The van der Waals surface area contributed by atoms with E-state index in [9.17, 15) is 14.7 Å². The van der Waals surface area contributed by atoms with Crippen molar-refractivity contribution >= 4 is 28.4 Å². The van der Waals surface area contributed by atoms with E-state index < -0.39 is 12.1 Å². The van der Waals surface area contributed by atoms with Crippen LogP contribution in [-0.2, 0) is 24.3 Å². The van der Waals surface area contributed by atoms with E-state index in [1.807, 2.05) is 83.9 Å². The second-order valence-electron chi connectivity index (χ2n) is 11.3. The number of anilines is 1. The summed E-state index contributed by atoms with van der Waals surface area (Å²) in [4.78, 5) is 28.5. The number of benzene rings is 3. The Labute approximate surface area is 253 Å². The second-order valence-corrected chi connectivity index (χ2v) is 11.3. The third-order valence-electron chi connectivity index (χ3n) is 8.14. The molecule has 0 aliphatic carbocycles. The fraction of sp³-hybridized carbons (Fsp3) is 0.371. The van der Waals surface area contributed by atoms with E-state index in [0.717, 1.165) is 59.3 Å². The predicted octanol–water partition coefficient (Wildman–Crippen LogP) is 5.07. The van der Waals surface area contributed by atoms with Gasteiger partial charge in [0.25, 0.3) is 5.91 Å². The number of aliphatic hydroxyl groups excluding tert-OH is 1. The Bertz CT molecular complexity index is 1530. The lowest BCUT2D eigenvalue weighted by Crippen LogP contribution is -2.48. The highest BCUT2D eigenvalue weighted by Crippen LogP contribution is 2.33.